The van der Waals surface area contributed by atoms with Crippen molar-refractivity contribution in [2.75, 3.05) is 19.7 Å². The number of carbonyl (C=O) groups excluding carboxylic acids is 1. The van der Waals surface area contributed by atoms with E-state index >= 15 is 0 Å². The zero-order valence-corrected chi connectivity index (χ0v) is 15.7. The summed E-state index contributed by atoms with van der Waals surface area (Å²) in [5.74, 6) is 0.959. The van der Waals surface area contributed by atoms with E-state index in [9.17, 15) is 4.79 Å². The van der Waals surface area contributed by atoms with Crippen molar-refractivity contribution in [1.29, 1.82) is 0 Å². The zero-order valence-electron chi connectivity index (χ0n) is 15.7. The minimum Gasteiger partial charge on any atom is -0.491 e. The van der Waals surface area contributed by atoms with Gasteiger partial charge in [0.15, 0.2) is 0 Å². The van der Waals surface area contributed by atoms with Gasteiger partial charge >= 0.3 is 0 Å². The maximum absolute atomic E-state index is 12.7. The van der Waals surface area contributed by atoms with Gasteiger partial charge in [-0.1, -0.05) is 18.2 Å². The molecule has 0 radical (unpaired) electrons. The number of aryl methyl sites for hydroxylation is 2. The second kappa shape index (κ2) is 7.91. The molecule has 6 nitrogen and oxygen atoms in total. The van der Waals surface area contributed by atoms with Crippen molar-refractivity contribution in [2.24, 2.45) is 7.05 Å². The molecule has 1 aromatic carbocycles. The van der Waals surface area contributed by atoms with Crippen molar-refractivity contribution >= 4 is 5.91 Å². The van der Waals surface area contributed by atoms with Crippen molar-refractivity contribution in [1.82, 2.24) is 14.5 Å². The summed E-state index contributed by atoms with van der Waals surface area (Å²) in [6.45, 7) is 5.62. The summed E-state index contributed by atoms with van der Waals surface area (Å²) < 4.78 is 13.9. The van der Waals surface area contributed by atoms with Crippen LogP contribution in [0.3, 0.4) is 0 Å². The van der Waals surface area contributed by atoms with Gasteiger partial charge in [-0.3, -0.25) is 4.79 Å². The molecule has 26 heavy (non-hydrogen) atoms. The fourth-order valence-corrected chi connectivity index (χ4v) is 3.30. The quantitative estimate of drug-likeness (QED) is 0.797. The van der Waals surface area contributed by atoms with Crippen LogP contribution in [-0.2, 0) is 23.0 Å². The van der Waals surface area contributed by atoms with Crippen LogP contribution < -0.4 is 4.74 Å². The smallest absolute Gasteiger partial charge is 0.223 e. The number of amides is 1. The van der Waals surface area contributed by atoms with E-state index in [0.29, 0.717) is 32.5 Å². The second-order valence-electron chi connectivity index (χ2n) is 7.39. The molecule has 2 heterocycles. The molecule has 1 saturated heterocycles. The van der Waals surface area contributed by atoms with Gasteiger partial charge in [0.25, 0.3) is 0 Å². The first-order valence-electron chi connectivity index (χ1n) is 9.01. The highest BCUT2D eigenvalue weighted by molar-refractivity contribution is 5.76. The fourth-order valence-electron chi connectivity index (χ4n) is 3.30. The topological polar surface area (TPSA) is 56.6 Å². The Hall–Kier alpha value is -2.34. The van der Waals surface area contributed by atoms with Crippen LogP contribution in [0.1, 0.15) is 26.0 Å². The number of aromatic nitrogens is 2. The Morgan fingerprint density at radius 3 is 2.81 bits per heavy atom. The maximum Gasteiger partial charge on any atom is 0.223 e. The predicted octanol–water partition coefficient (Wildman–Crippen LogP) is 2.44. The molecule has 1 fully saturated rings. The lowest BCUT2D eigenvalue weighted by molar-refractivity contribution is -0.165. The highest BCUT2D eigenvalue weighted by Gasteiger charge is 2.35. The van der Waals surface area contributed by atoms with E-state index in [4.69, 9.17) is 9.47 Å². The number of para-hydroxylation sites is 1. The van der Waals surface area contributed by atoms with E-state index in [1.54, 1.807) is 6.33 Å². The Balaban J connectivity index is 1.56. The summed E-state index contributed by atoms with van der Waals surface area (Å²) >= 11 is 0. The van der Waals surface area contributed by atoms with Gasteiger partial charge in [0.2, 0.25) is 5.91 Å². The van der Waals surface area contributed by atoms with Crippen LogP contribution in [0.5, 0.6) is 5.75 Å². The Kier molecular flexibility index (Phi) is 5.61. The van der Waals surface area contributed by atoms with E-state index in [1.165, 1.54) is 0 Å². The van der Waals surface area contributed by atoms with Gasteiger partial charge < -0.3 is 18.9 Å². The number of benzene rings is 1. The fraction of sp³-hybridized carbons (Fsp3) is 0.500. The Bertz CT molecular complexity index is 727. The normalized spacial score (nSPS) is 19.3. The summed E-state index contributed by atoms with van der Waals surface area (Å²) in [7, 11) is 1.95. The monoisotopic (exact) mass is 357 g/mol. The lowest BCUT2D eigenvalue weighted by atomic mass is 10.0. The minimum atomic E-state index is -0.384. The first-order chi connectivity index (χ1) is 12.4. The molecule has 0 saturated carbocycles. The summed E-state index contributed by atoms with van der Waals surface area (Å²) in [6.07, 6.45) is 4.60. The second-order valence-corrected chi connectivity index (χ2v) is 7.39. The van der Waals surface area contributed by atoms with E-state index in [1.807, 2.05) is 66.9 Å². The molecule has 0 spiro atoms. The van der Waals surface area contributed by atoms with E-state index < -0.39 is 0 Å². The average Bonchev–Trinajstić information content (AvgIpc) is 3.02. The van der Waals surface area contributed by atoms with Crippen LogP contribution >= 0.6 is 0 Å². The van der Waals surface area contributed by atoms with Crippen molar-refractivity contribution in [3.8, 4) is 5.75 Å². The molecule has 1 aliphatic rings. The number of imidazole rings is 1. The number of nitrogens with zero attached hydrogens (tertiary/aromatic N) is 3. The third-order valence-corrected chi connectivity index (χ3v) is 4.52. The molecule has 1 amide bonds. The third kappa shape index (κ3) is 4.85. The van der Waals surface area contributed by atoms with Crippen LogP contribution in [-0.4, -0.2) is 51.8 Å². The number of rotatable bonds is 6. The van der Waals surface area contributed by atoms with Gasteiger partial charge in [0.05, 0.1) is 18.5 Å². The van der Waals surface area contributed by atoms with Gasteiger partial charge in [-0.15, -0.1) is 0 Å². The molecule has 0 aliphatic carbocycles. The SMILES string of the molecule is Cn1cncc1CCC(=O)N1C[C@@H](COc2ccccc2)OC(C)(C)C1. The van der Waals surface area contributed by atoms with Crippen LogP contribution in [0, 0.1) is 0 Å². The molecule has 1 aromatic heterocycles. The molecule has 2 aromatic rings. The van der Waals surface area contributed by atoms with Crippen LogP contribution in [0.25, 0.3) is 0 Å². The first-order valence-corrected chi connectivity index (χ1v) is 9.01. The Morgan fingerprint density at radius 2 is 2.12 bits per heavy atom. The highest BCUT2D eigenvalue weighted by Crippen LogP contribution is 2.23. The molecule has 3 rings (SSSR count). The van der Waals surface area contributed by atoms with E-state index in [-0.39, 0.29) is 17.6 Å². The molecule has 140 valence electrons. The summed E-state index contributed by atoms with van der Waals surface area (Å²) in [6, 6.07) is 9.68. The number of hydrogen-bond acceptors (Lipinski definition) is 4. The maximum atomic E-state index is 12.7. The predicted molar refractivity (Wildman–Crippen MR) is 99.0 cm³/mol. The van der Waals surface area contributed by atoms with Gasteiger partial charge in [-0.2, -0.15) is 0 Å². The van der Waals surface area contributed by atoms with Gasteiger partial charge in [-0.05, 0) is 32.4 Å². The standard InChI is InChI=1S/C20H27N3O3/c1-20(2)14-23(19(24)10-9-16-11-21-15-22(16)3)12-18(26-20)13-25-17-7-5-4-6-8-17/h4-8,11,15,18H,9-10,12-14H2,1-3H3/t18-/m0/s1. The lowest BCUT2D eigenvalue weighted by Crippen LogP contribution is -2.56. The minimum absolute atomic E-state index is 0.139. The van der Waals surface area contributed by atoms with Gasteiger partial charge in [0.1, 0.15) is 18.5 Å². The van der Waals surface area contributed by atoms with Gasteiger partial charge in [-0.25, -0.2) is 4.98 Å². The van der Waals surface area contributed by atoms with Crippen LogP contribution in [0.2, 0.25) is 0 Å². The summed E-state index contributed by atoms with van der Waals surface area (Å²) in [4.78, 5) is 18.7. The number of hydrogen-bond donors (Lipinski definition) is 0. The molecule has 0 bridgehead atoms. The van der Waals surface area contributed by atoms with Gasteiger partial charge in [0, 0.05) is 31.9 Å². The van der Waals surface area contributed by atoms with E-state index in [2.05, 4.69) is 4.98 Å². The summed E-state index contributed by atoms with van der Waals surface area (Å²) in [5.41, 5.74) is 0.681. The number of ether oxygens (including phenoxy) is 2. The molecule has 1 aliphatic heterocycles. The highest BCUT2D eigenvalue weighted by atomic mass is 16.5. The molecule has 1 atom stereocenters. The van der Waals surface area contributed by atoms with Crippen molar-refractivity contribution in [3.63, 3.8) is 0 Å². The number of morpholine rings is 1. The molecular formula is C20H27N3O3. The van der Waals surface area contributed by atoms with Crippen molar-refractivity contribution in [3.05, 3.63) is 48.5 Å². The largest absolute Gasteiger partial charge is 0.491 e. The zero-order chi connectivity index (χ0) is 18.6. The van der Waals surface area contributed by atoms with Crippen molar-refractivity contribution < 1.29 is 14.3 Å². The number of carbonyl (C=O) groups is 1. The lowest BCUT2D eigenvalue weighted by Gasteiger charge is -2.42. The Morgan fingerprint density at radius 1 is 1.35 bits per heavy atom. The Labute approximate surface area is 154 Å². The third-order valence-electron chi connectivity index (χ3n) is 4.52. The first kappa shape index (κ1) is 18.5. The molecule has 0 N–H and O–H groups in total. The van der Waals surface area contributed by atoms with E-state index in [0.717, 1.165) is 11.4 Å². The van der Waals surface area contributed by atoms with Crippen molar-refractivity contribution in [2.45, 2.75) is 38.4 Å². The van der Waals surface area contributed by atoms with Crippen LogP contribution in [0.4, 0.5) is 0 Å². The molecule has 6 heteroatoms. The average molecular weight is 357 g/mol. The molecule has 0 unspecified atom stereocenters. The molecular weight excluding hydrogens is 330 g/mol. The van der Waals surface area contributed by atoms with Crippen LogP contribution in [0.15, 0.2) is 42.9 Å². The summed E-state index contributed by atoms with van der Waals surface area (Å²) in [5, 5.41) is 0.